The molecule has 27 heavy (non-hydrogen) atoms. The molecule has 0 aromatic carbocycles. The molecule has 0 saturated heterocycles. The van der Waals surface area contributed by atoms with Gasteiger partial charge in [0.05, 0.1) is 11.7 Å². The van der Waals surface area contributed by atoms with E-state index in [1.54, 1.807) is 6.07 Å². The maximum absolute atomic E-state index is 12.8. The summed E-state index contributed by atoms with van der Waals surface area (Å²) in [5, 5.41) is 2.75. The summed E-state index contributed by atoms with van der Waals surface area (Å²) < 4.78 is 59.8. The number of carbonyl (C=O) groups is 2. The second-order valence-electron chi connectivity index (χ2n) is 6.00. The average Bonchev–Trinajstić information content (AvgIpc) is 3.25. The first kappa shape index (κ1) is 19.5. The number of hydroxylamine groups is 1. The standard InChI is InChI=1S/C13H15F2N5O6S/c14-13(15)4-7(13)11(21)18-19-12(22)10-9-6(2-1-3-16-9)8(5-17-10)20-26-27(23,24)25/h1-3,7-8,10,17,20H,4-5H2,(H,18,21)(H,19,22)(H,23,24,25)/t7?,8-,10-/m0/s1. The van der Waals surface area contributed by atoms with Crippen LogP contribution in [0, 0.1) is 5.92 Å². The number of aromatic nitrogens is 1. The van der Waals surface area contributed by atoms with E-state index in [-0.39, 0.29) is 12.2 Å². The Morgan fingerprint density at radius 3 is 2.63 bits per heavy atom. The van der Waals surface area contributed by atoms with Crippen molar-refractivity contribution in [3.05, 3.63) is 29.6 Å². The molecule has 2 aliphatic rings. The highest BCUT2D eigenvalue weighted by atomic mass is 32.3. The van der Waals surface area contributed by atoms with Crippen LogP contribution < -0.4 is 21.6 Å². The first-order chi connectivity index (χ1) is 12.6. The number of alkyl halides is 2. The number of hydrazine groups is 1. The van der Waals surface area contributed by atoms with Gasteiger partial charge >= 0.3 is 10.4 Å². The van der Waals surface area contributed by atoms with E-state index in [1.165, 1.54) is 12.3 Å². The first-order valence-corrected chi connectivity index (χ1v) is 9.02. The molecule has 2 heterocycles. The summed E-state index contributed by atoms with van der Waals surface area (Å²) in [7, 11) is -4.73. The zero-order valence-electron chi connectivity index (χ0n) is 13.5. The Hall–Kier alpha value is -2.26. The zero-order chi connectivity index (χ0) is 19.8. The van der Waals surface area contributed by atoms with Gasteiger partial charge in [0, 0.05) is 19.2 Å². The monoisotopic (exact) mass is 407 g/mol. The van der Waals surface area contributed by atoms with Gasteiger partial charge in [-0.15, -0.1) is 0 Å². The summed E-state index contributed by atoms with van der Waals surface area (Å²) in [5.74, 6) is -6.26. The van der Waals surface area contributed by atoms with Crippen LogP contribution in [-0.4, -0.2) is 42.2 Å². The highest BCUT2D eigenvalue weighted by Crippen LogP contribution is 2.48. The third kappa shape index (κ3) is 4.54. The van der Waals surface area contributed by atoms with Crippen LogP contribution >= 0.6 is 0 Å². The molecule has 0 radical (unpaired) electrons. The van der Waals surface area contributed by atoms with Crippen LogP contribution in [0.3, 0.4) is 0 Å². The van der Waals surface area contributed by atoms with E-state index in [9.17, 15) is 26.8 Å². The van der Waals surface area contributed by atoms with Crippen LogP contribution in [0.2, 0.25) is 0 Å². The third-order valence-electron chi connectivity index (χ3n) is 4.06. The quantitative estimate of drug-likeness (QED) is 0.301. The summed E-state index contributed by atoms with van der Waals surface area (Å²) in [4.78, 5) is 27.9. The number of hydrogen-bond donors (Lipinski definition) is 5. The number of fused-ring (bicyclic) bond motifs is 1. The predicted octanol–water partition coefficient (Wildman–Crippen LogP) is -1.11. The summed E-state index contributed by atoms with van der Waals surface area (Å²) in [5.41, 5.74) is 6.74. The largest absolute Gasteiger partial charge is 0.413 e. The summed E-state index contributed by atoms with van der Waals surface area (Å²) in [6.07, 6.45) is 0.817. The smallest absolute Gasteiger partial charge is 0.299 e. The minimum Gasteiger partial charge on any atom is -0.299 e. The van der Waals surface area contributed by atoms with E-state index in [4.69, 9.17) is 4.55 Å². The molecule has 0 spiro atoms. The van der Waals surface area contributed by atoms with Crippen molar-refractivity contribution < 1.29 is 35.6 Å². The van der Waals surface area contributed by atoms with Crippen molar-refractivity contribution in [2.24, 2.45) is 5.92 Å². The maximum Gasteiger partial charge on any atom is 0.413 e. The van der Waals surface area contributed by atoms with E-state index < -0.39 is 52.6 Å². The molecule has 2 amide bonds. The zero-order valence-corrected chi connectivity index (χ0v) is 14.3. The number of nitrogens with one attached hydrogen (secondary N) is 4. The fraction of sp³-hybridized carbons (Fsp3) is 0.462. The molecule has 11 nitrogen and oxygen atoms in total. The van der Waals surface area contributed by atoms with Crippen LogP contribution in [0.25, 0.3) is 0 Å². The third-order valence-corrected chi connectivity index (χ3v) is 4.36. The lowest BCUT2D eigenvalue weighted by Crippen LogP contribution is -2.51. The Morgan fingerprint density at radius 2 is 2.00 bits per heavy atom. The van der Waals surface area contributed by atoms with E-state index >= 15 is 0 Å². The second kappa shape index (κ2) is 7.05. The van der Waals surface area contributed by atoms with Gasteiger partial charge in [-0.05, 0) is 11.6 Å². The van der Waals surface area contributed by atoms with Crippen molar-refractivity contribution in [3.8, 4) is 0 Å². The van der Waals surface area contributed by atoms with Crippen molar-refractivity contribution in [1.29, 1.82) is 0 Å². The maximum atomic E-state index is 12.8. The lowest BCUT2D eigenvalue weighted by molar-refractivity contribution is -0.132. The van der Waals surface area contributed by atoms with Crippen molar-refractivity contribution >= 4 is 22.2 Å². The summed E-state index contributed by atoms with van der Waals surface area (Å²) >= 11 is 0. The van der Waals surface area contributed by atoms with Crippen molar-refractivity contribution in [2.45, 2.75) is 24.4 Å². The molecule has 14 heteroatoms. The minimum absolute atomic E-state index is 0.000935. The Kier molecular flexibility index (Phi) is 5.09. The SMILES string of the molecule is O=C(NNC(=O)[C@H]1NC[C@H](NOS(=O)(=O)O)c2cccnc21)C1CC1(F)F. The van der Waals surface area contributed by atoms with Gasteiger partial charge in [0.1, 0.15) is 12.0 Å². The van der Waals surface area contributed by atoms with E-state index in [2.05, 4.69) is 25.5 Å². The number of nitrogens with zero attached hydrogens (tertiary/aromatic N) is 1. The van der Waals surface area contributed by atoms with E-state index in [0.717, 1.165) is 0 Å². The Morgan fingerprint density at radius 1 is 1.33 bits per heavy atom. The number of carbonyl (C=O) groups excluding carboxylic acids is 2. The summed E-state index contributed by atoms with van der Waals surface area (Å²) in [6.45, 7) is 0.000935. The molecule has 1 aliphatic heterocycles. The fourth-order valence-electron chi connectivity index (χ4n) is 2.63. The predicted molar refractivity (Wildman–Crippen MR) is 82.8 cm³/mol. The number of hydrogen-bond acceptors (Lipinski definition) is 8. The number of rotatable bonds is 5. The molecule has 3 rings (SSSR count). The molecule has 5 N–H and O–H groups in total. The molecule has 1 aromatic rings. The second-order valence-corrected chi connectivity index (χ2v) is 7.02. The summed E-state index contributed by atoms with van der Waals surface area (Å²) in [6, 6.07) is 1.29. The van der Waals surface area contributed by atoms with Gasteiger partial charge < -0.3 is 0 Å². The Labute approximate surface area is 151 Å². The van der Waals surface area contributed by atoms with Gasteiger partial charge in [-0.25, -0.2) is 8.78 Å². The fourth-order valence-corrected chi connectivity index (χ4v) is 2.87. The van der Waals surface area contributed by atoms with Gasteiger partial charge in [-0.3, -0.25) is 35.3 Å². The van der Waals surface area contributed by atoms with Gasteiger partial charge in [-0.1, -0.05) is 6.07 Å². The van der Waals surface area contributed by atoms with Crippen LogP contribution in [0.15, 0.2) is 18.3 Å². The first-order valence-electron chi connectivity index (χ1n) is 7.65. The van der Waals surface area contributed by atoms with Gasteiger partial charge in [0.15, 0.2) is 0 Å². The topological polar surface area (TPSA) is 159 Å². The molecule has 148 valence electrons. The van der Waals surface area contributed by atoms with Gasteiger partial charge in [0.2, 0.25) is 5.91 Å². The van der Waals surface area contributed by atoms with E-state index in [1.807, 2.05) is 5.43 Å². The van der Waals surface area contributed by atoms with Crippen LogP contribution in [-0.2, 0) is 24.3 Å². The molecule has 1 aliphatic carbocycles. The Balaban J connectivity index is 1.65. The molecular weight excluding hydrogens is 392 g/mol. The van der Waals surface area contributed by atoms with Crippen molar-refractivity contribution in [2.75, 3.05) is 6.54 Å². The van der Waals surface area contributed by atoms with Crippen LogP contribution in [0.5, 0.6) is 0 Å². The molecule has 3 atom stereocenters. The number of pyridine rings is 1. The van der Waals surface area contributed by atoms with Gasteiger partial charge in [0.25, 0.3) is 11.8 Å². The Bertz CT molecular complexity index is 867. The van der Waals surface area contributed by atoms with Crippen LogP contribution in [0.1, 0.15) is 29.8 Å². The normalized spacial score (nSPS) is 26.0. The highest BCUT2D eigenvalue weighted by molar-refractivity contribution is 7.80. The number of halogens is 2. The molecule has 1 saturated carbocycles. The average molecular weight is 407 g/mol. The molecule has 0 bridgehead atoms. The molecule has 1 unspecified atom stereocenters. The lowest BCUT2D eigenvalue weighted by Gasteiger charge is -2.30. The highest BCUT2D eigenvalue weighted by Gasteiger charge is 2.61. The van der Waals surface area contributed by atoms with Crippen LogP contribution in [0.4, 0.5) is 8.78 Å². The molecular formula is C13H15F2N5O6S. The lowest BCUT2D eigenvalue weighted by atomic mass is 9.96. The molecule has 1 aromatic heterocycles. The van der Waals surface area contributed by atoms with Crippen molar-refractivity contribution in [1.82, 2.24) is 26.6 Å². The van der Waals surface area contributed by atoms with E-state index in [0.29, 0.717) is 5.56 Å². The molecule has 1 fully saturated rings. The minimum atomic E-state index is -4.73. The number of amides is 2. The van der Waals surface area contributed by atoms with Gasteiger partial charge in [-0.2, -0.15) is 18.2 Å². The van der Waals surface area contributed by atoms with Crippen molar-refractivity contribution in [3.63, 3.8) is 0 Å².